The van der Waals surface area contributed by atoms with Gasteiger partial charge in [0.1, 0.15) is 0 Å². The van der Waals surface area contributed by atoms with Crippen molar-refractivity contribution in [3.63, 3.8) is 0 Å². The lowest BCUT2D eigenvalue weighted by Gasteiger charge is -2.04. The third-order valence-corrected chi connectivity index (χ3v) is 1.93. The fourth-order valence-corrected chi connectivity index (χ4v) is 1.25. The third-order valence-electron chi connectivity index (χ3n) is 1.93. The van der Waals surface area contributed by atoms with Crippen LogP contribution in [0.5, 0.6) is 0 Å². The first-order valence-corrected chi connectivity index (χ1v) is 4.34. The summed E-state index contributed by atoms with van der Waals surface area (Å²) in [6.45, 7) is 1.73. The zero-order chi connectivity index (χ0) is 10.6. The summed E-state index contributed by atoms with van der Waals surface area (Å²) in [5.41, 5.74) is 0.855. The van der Waals surface area contributed by atoms with E-state index in [1.807, 2.05) is 0 Å². The van der Waals surface area contributed by atoms with E-state index in [0.717, 1.165) is 0 Å². The largest absolute Gasteiger partial charge is 0.476 e. The third kappa shape index (κ3) is 2.19. The molecule has 74 valence electrons. The minimum Gasteiger partial charge on any atom is -0.476 e. The van der Waals surface area contributed by atoms with Crippen LogP contribution in [0, 0.1) is 0 Å². The van der Waals surface area contributed by atoms with E-state index in [9.17, 15) is 9.18 Å². The lowest BCUT2D eigenvalue weighted by atomic mass is 10.0. The van der Waals surface area contributed by atoms with Crippen molar-refractivity contribution in [2.45, 2.75) is 13.3 Å². The molecule has 0 aliphatic heterocycles. The van der Waals surface area contributed by atoms with Crippen molar-refractivity contribution in [2.24, 2.45) is 0 Å². The summed E-state index contributed by atoms with van der Waals surface area (Å²) >= 11 is 0. The van der Waals surface area contributed by atoms with E-state index >= 15 is 0 Å². The maximum absolute atomic E-state index is 13.2. The van der Waals surface area contributed by atoms with Crippen LogP contribution in [0.1, 0.15) is 18.9 Å². The summed E-state index contributed by atoms with van der Waals surface area (Å²) in [4.78, 5) is 10.4. The molecule has 0 saturated heterocycles. The molecule has 1 aromatic rings. The van der Waals surface area contributed by atoms with Crippen LogP contribution in [0.3, 0.4) is 0 Å². The Labute approximate surface area is 81.7 Å². The van der Waals surface area contributed by atoms with E-state index in [2.05, 4.69) is 0 Å². The summed E-state index contributed by atoms with van der Waals surface area (Å²) < 4.78 is 13.2. The highest BCUT2D eigenvalue weighted by Gasteiger charge is 2.13. The molecule has 1 aromatic carbocycles. The summed E-state index contributed by atoms with van der Waals surface area (Å²) in [7, 11) is 0. The maximum Gasteiger partial charge on any atom is 0.365 e. The van der Waals surface area contributed by atoms with Crippen molar-refractivity contribution in [2.75, 3.05) is 0 Å². The lowest BCUT2D eigenvalue weighted by molar-refractivity contribution is -0.134. The molecule has 0 aromatic heterocycles. The Morgan fingerprint density at radius 2 is 1.93 bits per heavy atom. The average molecular weight is 194 g/mol. The highest BCUT2D eigenvalue weighted by atomic mass is 19.1. The summed E-state index contributed by atoms with van der Waals surface area (Å²) in [6, 6.07) is 8.69. The number of rotatable bonds is 3. The van der Waals surface area contributed by atoms with Crippen LogP contribution >= 0.6 is 0 Å². The van der Waals surface area contributed by atoms with Crippen LogP contribution in [0.25, 0.3) is 5.57 Å². The predicted octanol–water partition coefficient (Wildman–Crippen LogP) is 2.86. The number of carboxylic acid groups (broad SMARTS) is 1. The molecule has 14 heavy (non-hydrogen) atoms. The van der Waals surface area contributed by atoms with Crippen molar-refractivity contribution in [3.05, 3.63) is 41.7 Å². The molecule has 1 rings (SSSR count). The highest BCUT2D eigenvalue weighted by Crippen LogP contribution is 2.22. The van der Waals surface area contributed by atoms with Gasteiger partial charge >= 0.3 is 5.97 Å². The SMILES string of the molecule is CC/C(=C(/F)C(=O)O)c1ccccc1. The fourth-order valence-electron chi connectivity index (χ4n) is 1.25. The first-order chi connectivity index (χ1) is 6.66. The molecule has 0 amide bonds. The monoisotopic (exact) mass is 194 g/mol. The second-order valence-electron chi connectivity index (χ2n) is 2.82. The Morgan fingerprint density at radius 1 is 1.36 bits per heavy atom. The van der Waals surface area contributed by atoms with Gasteiger partial charge in [-0.05, 0) is 12.0 Å². The van der Waals surface area contributed by atoms with Gasteiger partial charge in [-0.25, -0.2) is 4.79 Å². The van der Waals surface area contributed by atoms with E-state index in [4.69, 9.17) is 5.11 Å². The molecular weight excluding hydrogens is 183 g/mol. The molecule has 2 nitrogen and oxygen atoms in total. The number of hydrogen-bond acceptors (Lipinski definition) is 1. The fraction of sp³-hybridized carbons (Fsp3) is 0.182. The van der Waals surface area contributed by atoms with Gasteiger partial charge in [-0.2, -0.15) is 4.39 Å². The summed E-state index contributed by atoms with van der Waals surface area (Å²) in [5, 5.41) is 8.51. The number of hydrogen-bond donors (Lipinski definition) is 1. The van der Waals surface area contributed by atoms with Gasteiger partial charge in [-0.1, -0.05) is 37.3 Å². The average Bonchev–Trinajstić information content (AvgIpc) is 2.20. The summed E-state index contributed by atoms with van der Waals surface area (Å²) in [5.74, 6) is -2.58. The van der Waals surface area contributed by atoms with Gasteiger partial charge in [0.05, 0.1) is 0 Å². The van der Waals surface area contributed by atoms with Crippen LogP contribution in [-0.2, 0) is 4.79 Å². The Hall–Kier alpha value is -1.64. The second kappa shape index (κ2) is 4.56. The van der Waals surface area contributed by atoms with Gasteiger partial charge in [0.15, 0.2) is 0 Å². The normalized spacial score (nSPS) is 12.1. The molecule has 0 heterocycles. The van der Waals surface area contributed by atoms with Gasteiger partial charge in [-0.15, -0.1) is 0 Å². The molecule has 0 fully saturated rings. The standard InChI is InChI=1S/C11H11FO2/c1-2-9(10(12)11(13)14)8-6-4-3-5-7-8/h3-7H,2H2,1H3,(H,13,14)/b10-9-. The van der Waals surface area contributed by atoms with E-state index in [1.165, 1.54) is 0 Å². The number of allylic oxidation sites excluding steroid dienone is 1. The van der Waals surface area contributed by atoms with Gasteiger partial charge in [0.25, 0.3) is 0 Å². The molecule has 0 aliphatic carbocycles. The van der Waals surface area contributed by atoms with E-state index in [1.54, 1.807) is 37.3 Å². The number of aliphatic carboxylic acids is 1. The minimum absolute atomic E-state index is 0.234. The zero-order valence-corrected chi connectivity index (χ0v) is 7.83. The number of carboxylic acids is 1. The van der Waals surface area contributed by atoms with E-state index < -0.39 is 11.8 Å². The number of halogens is 1. The Bertz CT molecular complexity index is 355. The predicted molar refractivity (Wildman–Crippen MR) is 52.4 cm³/mol. The molecule has 0 radical (unpaired) electrons. The smallest absolute Gasteiger partial charge is 0.365 e. The van der Waals surface area contributed by atoms with Crippen LogP contribution in [-0.4, -0.2) is 11.1 Å². The lowest BCUT2D eigenvalue weighted by Crippen LogP contribution is -1.99. The van der Waals surface area contributed by atoms with Crippen molar-refractivity contribution in [1.29, 1.82) is 0 Å². The van der Waals surface area contributed by atoms with Crippen molar-refractivity contribution in [1.82, 2.24) is 0 Å². The first kappa shape index (κ1) is 10.4. The minimum atomic E-state index is -1.51. The molecule has 0 saturated carbocycles. The molecule has 0 unspecified atom stereocenters. The molecule has 1 N–H and O–H groups in total. The molecule has 0 atom stereocenters. The number of benzene rings is 1. The Morgan fingerprint density at radius 3 is 2.36 bits per heavy atom. The van der Waals surface area contributed by atoms with Gasteiger partial charge in [0.2, 0.25) is 5.83 Å². The first-order valence-electron chi connectivity index (χ1n) is 4.34. The van der Waals surface area contributed by atoms with E-state index in [-0.39, 0.29) is 5.57 Å². The van der Waals surface area contributed by atoms with Crippen molar-refractivity contribution < 1.29 is 14.3 Å². The van der Waals surface area contributed by atoms with Crippen LogP contribution < -0.4 is 0 Å². The highest BCUT2D eigenvalue weighted by molar-refractivity contribution is 5.93. The summed E-state index contributed by atoms with van der Waals surface area (Å²) in [6.07, 6.45) is 0.363. The topological polar surface area (TPSA) is 37.3 Å². The molecule has 0 bridgehead atoms. The Balaban J connectivity index is 3.17. The van der Waals surface area contributed by atoms with Crippen molar-refractivity contribution >= 4 is 11.5 Å². The number of carbonyl (C=O) groups is 1. The molecule has 0 spiro atoms. The van der Waals surface area contributed by atoms with Gasteiger partial charge in [0, 0.05) is 5.57 Å². The maximum atomic E-state index is 13.2. The van der Waals surface area contributed by atoms with Gasteiger partial charge < -0.3 is 5.11 Å². The van der Waals surface area contributed by atoms with Gasteiger partial charge in [-0.3, -0.25) is 0 Å². The quantitative estimate of drug-likeness (QED) is 0.751. The van der Waals surface area contributed by atoms with Crippen LogP contribution in [0.2, 0.25) is 0 Å². The molecule has 0 aliphatic rings. The Kier molecular flexibility index (Phi) is 3.40. The van der Waals surface area contributed by atoms with Crippen molar-refractivity contribution in [3.8, 4) is 0 Å². The molecule has 3 heteroatoms. The van der Waals surface area contributed by atoms with E-state index in [0.29, 0.717) is 12.0 Å². The second-order valence-corrected chi connectivity index (χ2v) is 2.82. The van der Waals surface area contributed by atoms with Crippen LogP contribution in [0.4, 0.5) is 4.39 Å². The zero-order valence-electron chi connectivity index (χ0n) is 7.83. The molecular formula is C11H11FO2. The van der Waals surface area contributed by atoms with Crippen LogP contribution in [0.15, 0.2) is 36.2 Å².